The van der Waals surface area contributed by atoms with E-state index in [4.69, 9.17) is 0 Å². The predicted octanol–water partition coefficient (Wildman–Crippen LogP) is 2.64. The van der Waals surface area contributed by atoms with Gasteiger partial charge >= 0.3 is 0 Å². The molecule has 0 amide bonds. The van der Waals surface area contributed by atoms with Crippen molar-refractivity contribution in [2.24, 2.45) is 4.99 Å². The minimum Gasteiger partial charge on any atom is -0.377 e. The van der Waals surface area contributed by atoms with E-state index in [9.17, 15) is 8.42 Å². The van der Waals surface area contributed by atoms with E-state index in [1.165, 1.54) is 23.1 Å². The smallest absolute Gasteiger partial charge is 0.191 e. The molecular weight excluding hydrogens is 372 g/mol. The van der Waals surface area contributed by atoms with Crippen molar-refractivity contribution in [1.82, 2.24) is 10.6 Å². The van der Waals surface area contributed by atoms with Gasteiger partial charge in [-0.3, -0.25) is 4.99 Å². The molecule has 6 nitrogen and oxygen atoms in total. The second-order valence-corrected chi connectivity index (χ2v) is 9.16. The molecule has 0 atom stereocenters. The van der Waals surface area contributed by atoms with Crippen LogP contribution in [0.2, 0.25) is 0 Å². The van der Waals surface area contributed by atoms with Crippen LogP contribution in [0.25, 0.3) is 0 Å². The van der Waals surface area contributed by atoms with Crippen molar-refractivity contribution in [2.45, 2.75) is 31.8 Å². The summed E-state index contributed by atoms with van der Waals surface area (Å²) in [6.07, 6.45) is 1.23. The van der Waals surface area contributed by atoms with Gasteiger partial charge in [-0.05, 0) is 48.2 Å². The van der Waals surface area contributed by atoms with E-state index in [1.54, 1.807) is 13.1 Å². The number of nitrogens with zero attached hydrogens (tertiary/aromatic N) is 2. The predicted molar refractivity (Wildman–Crippen MR) is 117 cm³/mol. The first-order valence-electron chi connectivity index (χ1n) is 9.12. The van der Waals surface area contributed by atoms with E-state index >= 15 is 0 Å². The van der Waals surface area contributed by atoms with Crippen molar-refractivity contribution in [3.05, 3.63) is 58.7 Å². The Bertz CT molecular complexity index is 966. The van der Waals surface area contributed by atoms with Gasteiger partial charge in [-0.25, -0.2) is 8.42 Å². The van der Waals surface area contributed by atoms with Crippen LogP contribution in [0.15, 0.2) is 46.3 Å². The number of sulfone groups is 1. The lowest BCUT2D eigenvalue weighted by molar-refractivity contribution is 0.601. The van der Waals surface area contributed by atoms with E-state index in [-0.39, 0.29) is 0 Å². The Kier molecular flexibility index (Phi) is 7.07. The van der Waals surface area contributed by atoms with Crippen LogP contribution in [-0.2, 0) is 22.9 Å². The van der Waals surface area contributed by atoms with Crippen molar-refractivity contribution in [2.75, 3.05) is 32.3 Å². The lowest BCUT2D eigenvalue weighted by Gasteiger charge is -2.19. The van der Waals surface area contributed by atoms with Crippen LogP contribution < -0.4 is 15.5 Å². The fourth-order valence-electron chi connectivity index (χ4n) is 3.06. The molecule has 0 aliphatic carbocycles. The molecule has 0 unspecified atom stereocenters. The van der Waals surface area contributed by atoms with Gasteiger partial charge in [-0.1, -0.05) is 24.3 Å². The highest BCUT2D eigenvalue weighted by molar-refractivity contribution is 7.90. The molecule has 0 bridgehead atoms. The standard InChI is InChI=1S/C21H30N4O2S/c1-15-7-9-18(19(11-15)25(4)5)14-24-21(22-3)23-13-17-8-10-20(16(2)12-17)28(6,26)27/h7-12H,13-14H2,1-6H3,(H2,22,23,24). The fraction of sp³-hybridized carbons (Fsp3) is 0.381. The number of benzene rings is 2. The van der Waals surface area contributed by atoms with Crippen molar-refractivity contribution in [1.29, 1.82) is 0 Å². The van der Waals surface area contributed by atoms with Crippen LogP contribution in [0.1, 0.15) is 22.3 Å². The summed E-state index contributed by atoms with van der Waals surface area (Å²) in [5.74, 6) is 0.690. The average Bonchev–Trinajstić information content (AvgIpc) is 2.61. The Morgan fingerprint density at radius 1 is 1.04 bits per heavy atom. The molecule has 0 saturated heterocycles. The zero-order valence-electron chi connectivity index (χ0n) is 17.5. The molecule has 0 fully saturated rings. The first-order valence-corrected chi connectivity index (χ1v) is 11.0. The van der Waals surface area contributed by atoms with Gasteiger partial charge in [0.1, 0.15) is 0 Å². The van der Waals surface area contributed by atoms with Crippen LogP contribution >= 0.6 is 0 Å². The Hall–Kier alpha value is -2.54. The fourth-order valence-corrected chi connectivity index (χ4v) is 4.02. The topological polar surface area (TPSA) is 73.8 Å². The molecule has 0 spiro atoms. The van der Waals surface area contributed by atoms with Crippen LogP contribution in [-0.4, -0.2) is 41.8 Å². The maximum absolute atomic E-state index is 11.7. The summed E-state index contributed by atoms with van der Waals surface area (Å²) in [5.41, 5.74) is 5.34. The third-order valence-electron chi connectivity index (χ3n) is 4.49. The zero-order chi connectivity index (χ0) is 20.9. The van der Waals surface area contributed by atoms with Crippen LogP contribution in [0, 0.1) is 13.8 Å². The van der Waals surface area contributed by atoms with Crippen molar-refractivity contribution < 1.29 is 8.42 Å². The lowest BCUT2D eigenvalue weighted by Crippen LogP contribution is -2.36. The quantitative estimate of drug-likeness (QED) is 0.574. The molecule has 0 aliphatic heterocycles. The van der Waals surface area contributed by atoms with Gasteiger partial charge in [0.05, 0.1) is 4.90 Å². The molecule has 152 valence electrons. The minimum absolute atomic E-state index is 0.370. The summed E-state index contributed by atoms with van der Waals surface area (Å²) in [4.78, 5) is 6.75. The summed E-state index contributed by atoms with van der Waals surface area (Å²) >= 11 is 0. The van der Waals surface area contributed by atoms with Crippen molar-refractivity contribution in [3.63, 3.8) is 0 Å². The van der Waals surface area contributed by atoms with E-state index in [2.05, 4.69) is 45.6 Å². The molecule has 2 aromatic rings. The largest absolute Gasteiger partial charge is 0.377 e. The minimum atomic E-state index is -3.20. The first kappa shape index (κ1) is 21.8. The highest BCUT2D eigenvalue weighted by Gasteiger charge is 2.11. The summed E-state index contributed by atoms with van der Waals surface area (Å²) < 4.78 is 23.5. The second-order valence-electron chi connectivity index (χ2n) is 7.18. The number of rotatable bonds is 6. The molecule has 0 heterocycles. The molecule has 0 aromatic heterocycles. The number of guanidine groups is 1. The number of aliphatic imine (C=N–C) groups is 1. The SMILES string of the molecule is CN=C(NCc1ccc(S(C)(=O)=O)c(C)c1)NCc1ccc(C)cc1N(C)C. The maximum atomic E-state index is 11.7. The summed E-state index contributed by atoms with van der Waals surface area (Å²) in [5, 5.41) is 6.61. The first-order chi connectivity index (χ1) is 13.1. The normalized spacial score (nSPS) is 12.0. The molecule has 7 heteroatoms. The summed E-state index contributed by atoms with van der Waals surface area (Å²) in [6, 6.07) is 11.8. The number of hydrogen-bond acceptors (Lipinski definition) is 4. The van der Waals surface area contributed by atoms with E-state index in [0.717, 1.165) is 11.1 Å². The van der Waals surface area contributed by atoms with Gasteiger partial charge in [-0.15, -0.1) is 0 Å². The summed E-state index contributed by atoms with van der Waals surface area (Å²) in [7, 11) is 2.60. The van der Waals surface area contributed by atoms with Gasteiger partial charge in [-0.2, -0.15) is 0 Å². The van der Waals surface area contributed by atoms with Crippen molar-refractivity contribution >= 4 is 21.5 Å². The van der Waals surface area contributed by atoms with Crippen LogP contribution in [0.5, 0.6) is 0 Å². The molecular formula is C21H30N4O2S. The third kappa shape index (κ3) is 5.73. The molecule has 2 rings (SSSR count). The average molecular weight is 403 g/mol. The highest BCUT2D eigenvalue weighted by Crippen LogP contribution is 2.20. The van der Waals surface area contributed by atoms with Gasteiger partial charge < -0.3 is 15.5 Å². The number of nitrogens with one attached hydrogen (secondary N) is 2. The molecule has 2 N–H and O–H groups in total. The Morgan fingerprint density at radius 2 is 1.71 bits per heavy atom. The number of anilines is 1. The Balaban J connectivity index is 2.02. The zero-order valence-corrected chi connectivity index (χ0v) is 18.3. The summed E-state index contributed by atoms with van der Waals surface area (Å²) in [6.45, 7) is 5.10. The lowest BCUT2D eigenvalue weighted by atomic mass is 10.1. The molecule has 2 aromatic carbocycles. The van der Waals surface area contributed by atoms with Crippen molar-refractivity contribution in [3.8, 4) is 0 Å². The molecule has 0 radical (unpaired) electrons. The monoisotopic (exact) mass is 402 g/mol. The van der Waals surface area contributed by atoms with Gasteiger partial charge in [0.15, 0.2) is 15.8 Å². The van der Waals surface area contributed by atoms with E-state index in [1.807, 2.05) is 33.2 Å². The number of aryl methyl sites for hydroxylation is 2. The van der Waals surface area contributed by atoms with Gasteiger partial charge in [0, 0.05) is 46.2 Å². The van der Waals surface area contributed by atoms with E-state index in [0.29, 0.717) is 23.9 Å². The van der Waals surface area contributed by atoms with E-state index < -0.39 is 9.84 Å². The second kappa shape index (κ2) is 9.10. The maximum Gasteiger partial charge on any atom is 0.191 e. The van der Waals surface area contributed by atoms with Crippen LogP contribution in [0.4, 0.5) is 5.69 Å². The van der Waals surface area contributed by atoms with Gasteiger partial charge in [0.2, 0.25) is 0 Å². The molecule has 0 saturated carbocycles. The van der Waals surface area contributed by atoms with Gasteiger partial charge in [0.25, 0.3) is 0 Å². The van der Waals surface area contributed by atoms with Crippen LogP contribution in [0.3, 0.4) is 0 Å². The molecule has 0 aliphatic rings. The third-order valence-corrected chi connectivity index (χ3v) is 5.75. The Morgan fingerprint density at radius 3 is 2.29 bits per heavy atom. The number of hydrogen-bond donors (Lipinski definition) is 2. The Labute approximate surface area is 168 Å². The highest BCUT2D eigenvalue weighted by atomic mass is 32.2. The molecule has 28 heavy (non-hydrogen) atoms.